The quantitative estimate of drug-likeness (QED) is 0.617. The van der Waals surface area contributed by atoms with Crippen LogP contribution in [0.5, 0.6) is 0 Å². The monoisotopic (exact) mass is 326 g/mol. The molecular weight excluding hydrogens is 303 g/mol. The summed E-state index contributed by atoms with van der Waals surface area (Å²) in [4.78, 5) is 12.4. The molecule has 0 atom stereocenters. The van der Waals surface area contributed by atoms with Gasteiger partial charge in [-0.25, -0.2) is 0 Å². The summed E-state index contributed by atoms with van der Waals surface area (Å²) in [6, 6.07) is 5.49. The van der Waals surface area contributed by atoms with Crippen molar-refractivity contribution in [1.82, 2.24) is 0 Å². The van der Waals surface area contributed by atoms with Crippen LogP contribution in [0.15, 0.2) is 18.2 Å². The van der Waals surface area contributed by atoms with Gasteiger partial charge in [0.1, 0.15) is 5.78 Å². The molecular formula is C18H24Cl2O. The van der Waals surface area contributed by atoms with Crippen LogP contribution in [0.2, 0.25) is 10.0 Å². The maximum Gasteiger partial charge on any atom is 0.140 e. The second-order valence-corrected chi connectivity index (χ2v) is 7.07. The second-order valence-electron chi connectivity index (χ2n) is 6.25. The SMILES string of the molecule is CCCCC1CCC(C(=O)Cc2ccc(Cl)c(Cl)c2)CC1. The Morgan fingerprint density at radius 2 is 1.86 bits per heavy atom. The summed E-state index contributed by atoms with van der Waals surface area (Å²) in [6.45, 7) is 2.24. The van der Waals surface area contributed by atoms with E-state index in [4.69, 9.17) is 23.2 Å². The molecule has 1 nitrogen and oxygen atoms in total. The van der Waals surface area contributed by atoms with Gasteiger partial charge in [-0.15, -0.1) is 0 Å². The Balaban J connectivity index is 1.83. The minimum atomic E-state index is 0.248. The van der Waals surface area contributed by atoms with Gasteiger partial charge in [0, 0.05) is 12.3 Å². The molecule has 1 aromatic carbocycles. The van der Waals surface area contributed by atoms with Crippen LogP contribution in [0.3, 0.4) is 0 Å². The standard InChI is InChI=1S/C18H24Cl2O/c1-2-3-4-13-5-8-15(9-6-13)18(21)12-14-7-10-16(19)17(20)11-14/h7,10-11,13,15H,2-6,8-9,12H2,1H3. The number of benzene rings is 1. The third-order valence-corrected chi connectivity index (χ3v) is 5.37. The maximum atomic E-state index is 12.4. The topological polar surface area (TPSA) is 17.1 Å². The minimum absolute atomic E-state index is 0.248. The number of unbranched alkanes of at least 4 members (excludes halogenated alkanes) is 1. The number of hydrogen-bond donors (Lipinski definition) is 0. The molecule has 0 N–H and O–H groups in total. The molecule has 1 aliphatic rings. The summed E-state index contributed by atoms with van der Waals surface area (Å²) in [6.07, 6.45) is 8.99. The first-order valence-corrected chi connectivity index (χ1v) is 8.82. The van der Waals surface area contributed by atoms with Gasteiger partial charge in [0.15, 0.2) is 0 Å². The Hall–Kier alpha value is -0.530. The molecule has 0 spiro atoms. The first-order valence-electron chi connectivity index (χ1n) is 8.06. The van der Waals surface area contributed by atoms with Gasteiger partial charge in [0.25, 0.3) is 0 Å². The smallest absolute Gasteiger partial charge is 0.140 e. The van der Waals surface area contributed by atoms with Gasteiger partial charge in [0.2, 0.25) is 0 Å². The van der Waals surface area contributed by atoms with E-state index >= 15 is 0 Å². The normalized spacial score (nSPS) is 22.2. The summed E-state index contributed by atoms with van der Waals surface area (Å²) in [5, 5.41) is 1.08. The van der Waals surface area contributed by atoms with Crippen molar-refractivity contribution in [1.29, 1.82) is 0 Å². The number of ketones is 1. The van der Waals surface area contributed by atoms with Crippen molar-refractivity contribution < 1.29 is 4.79 Å². The van der Waals surface area contributed by atoms with Crippen LogP contribution < -0.4 is 0 Å². The molecule has 2 rings (SSSR count). The van der Waals surface area contributed by atoms with Crippen molar-refractivity contribution in [3.05, 3.63) is 33.8 Å². The van der Waals surface area contributed by atoms with E-state index in [2.05, 4.69) is 6.92 Å². The molecule has 0 aromatic heterocycles. The fourth-order valence-electron chi connectivity index (χ4n) is 3.26. The lowest BCUT2D eigenvalue weighted by Gasteiger charge is -2.27. The van der Waals surface area contributed by atoms with Crippen molar-refractivity contribution in [3.63, 3.8) is 0 Å². The molecule has 0 saturated heterocycles. The Morgan fingerprint density at radius 3 is 2.48 bits per heavy atom. The van der Waals surface area contributed by atoms with Crippen LogP contribution in [0, 0.1) is 11.8 Å². The summed E-state index contributed by atoms with van der Waals surface area (Å²) >= 11 is 11.9. The van der Waals surface area contributed by atoms with Gasteiger partial charge in [-0.1, -0.05) is 55.5 Å². The number of halogens is 2. The van der Waals surface area contributed by atoms with E-state index in [0.29, 0.717) is 22.2 Å². The van der Waals surface area contributed by atoms with Gasteiger partial charge in [0.05, 0.1) is 10.0 Å². The van der Waals surface area contributed by atoms with Crippen LogP contribution in [0.25, 0.3) is 0 Å². The van der Waals surface area contributed by atoms with Crippen molar-refractivity contribution in [3.8, 4) is 0 Å². The Labute approximate surface area is 138 Å². The Kier molecular flexibility index (Phi) is 6.57. The first kappa shape index (κ1) is 16.8. The fourth-order valence-corrected chi connectivity index (χ4v) is 3.58. The van der Waals surface area contributed by atoms with Crippen molar-refractivity contribution in [2.75, 3.05) is 0 Å². The van der Waals surface area contributed by atoms with Gasteiger partial charge in [-0.05, 0) is 49.3 Å². The average molecular weight is 327 g/mol. The maximum absolute atomic E-state index is 12.4. The molecule has 0 heterocycles. The molecule has 0 amide bonds. The van der Waals surface area contributed by atoms with E-state index < -0.39 is 0 Å². The number of hydrogen-bond acceptors (Lipinski definition) is 1. The molecule has 0 radical (unpaired) electrons. The van der Waals surface area contributed by atoms with E-state index in [9.17, 15) is 4.79 Å². The van der Waals surface area contributed by atoms with Crippen molar-refractivity contribution in [2.45, 2.75) is 58.3 Å². The zero-order chi connectivity index (χ0) is 15.2. The van der Waals surface area contributed by atoms with E-state index in [0.717, 1.165) is 24.3 Å². The van der Waals surface area contributed by atoms with E-state index in [-0.39, 0.29) is 5.92 Å². The van der Waals surface area contributed by atoms with E-state index in [1.807, 2.05) is 12.1 Å². The number of rotatable bonds is 6. The van der Waals surface area contributed by atoms with Crippen LogP contribution in [0.4, 0.5) is 0 Å². The highest BCUT2D eigenvalue weighted by molar-refractivity contribution is 6.42. The van der Waals surface area contributed by atoms with Gasteiger partial charge in [-0.2, -0.15) is 0 Å². The third-order valence-electron chi connectivity index (χ3n) is 4.63. The molecule has 0 aliphatic heterocycles. The average Bonchev–Trinajstić information content (AvgIpc) is 2.49. The Morgan fingerprint density at radius 1 is 1.14 bits per heavy atom. The molecule has 3 heteroatoms. The first-order chi connectivity index (χ1) is 10.1. The highest BCUT2D eigenvalue weighted by Gasteiger charge is 2.25. The Bertz CT molecular complexity index is 476. The van der Waals surface area contributed by atoms with Crippen LogP contribution in [0.1, 0.15) is 57.4 Å². The summed E-state index contributed by atoms with van der Waals surface area (Å²) in [5.41, 5.74) is 0.975. The predicted molar refractivity (Wildman–Crippen MR) is 90.1 cm³/mol. The minimum Gasteiger partial charge on any atom is -0.299 e. The molecule has 116 valence electrons. The second kappa shape index (κ2) is 8.19. The van der Waals surface area contributed by atoms with E-state index in [1.54, 1.807) is 6.07 Å². The summed E-state index contributed by atoms with van der Waals surface area (Å²) < 4.78 is 0. The molecule has 1 saturated carbocycles. The van der Waals surface area contributed by atoms with E-state index in [1.165, 1.54) is 32.1 Å². The molecule has 0 bridgehead atoms. The van der Waals surface area contributed by atoms with Gasteiger partial charge >= 0.3 is 0 Å². The molecule has 1 aliphatic carbocycles. The lowest BCUT2D eigenvalue weighted by molar-refractivity contribution is -0.123. The molecule has 1 fully saturated rings. The van der Waals surface area contributed by atoms with Crippen LogP contribution in [-0.2, 0) is 11.2 Å². The molecule has 21 heavy (non-hydrogen) atoms. The number of carbonyl (C=O) groups excluding carboxylic acids is 1. The zero-order valence-corrected chi connectivity index (χ0v) is 14.2. The third kappa shape index (κ3) is 5.00. The van der Waals surface area contributed by atoms with Crippen LogP contribution in [-0.4, -0.2) is 5.78 Å². The molecule has 0 unspecified atom stereocenters. The van der Waals surface area contributed by atoms with Gasteiger partial charge in [-0.3, -0.25) is 4.79 Å². The summed E-state index contributed by atoms with van der Waals surface area (Å²) in [5.74, 6) is 1.46. The number of carbonyl (C=O) groups is 1. The fraction of sp³-hybridized carbons (Fsp3) is 0.611. The van der Waals surface area contributed by atoms with Crippen molar-refractivity contribution in [2.24, 2.45) is 11.8 Å². The van der Waals surface area contributed by atoms with Crippen LogP contribution >= 0.6 is 23.2 Å². The zero-order valence-electron chi connectivity index (χ0n) is 12.7. The van der Waals surface area contributed by atoms with Gasteiger partial charge < -0.3 is 0 Å². The predicted octanol–water partition coefficient (Wildman–Crippen LogP) is 6.10. The highest BCUT2D eigenvalue weighted by Crippen LogP contribution is 2.33. The molecule has 1 aromatic rings. The highest BCUT2D eigenvalue weighted by atomic mass is 35.5. The lowest BCUT2D eigenvalue weighted by atomic mass is 9.77. The summed E-state index contributed by atoms with van der Waals surface area (Å²) in [7, 11) is 0. The number of Topliss-reactive ketones (excluding diaryl/α,β-unsaturated/α-hetero) is 1. The largest absolute Gasteiger partial charge is 0.299 e. The lowest BCUT2D eigenvalue weighted by Crippen LogP contribution is -2.23. The van der Waals surface area contributed by atoms with Crippen molar-refractivity contribution >= 4 is 29.0 Å².